The second kappa shape index (κ2) is 5.97. The van der Waals surface area contributed by atoms with Crippen molar-refractivity contribution in [2.24, 2.45) is 0 Å². The van der Waals surface area contributed by atoms with Gasteiger partial charge in [0.15, 0.2) is 11.6 Å². The van der Waals surface area contributed by atoms with Crippen LogP contribution in [0.3, 0.4) is 0 Å². The van der Waals surface area contributed by atoms with Crippen LogP contribution >= 0.6 is 11.3 Å². The van der Waals surface area contributed by atoms with Gasteiger partial charge in [-0.3, -0.25) is 5.10 Å². The largest absolute Gasteiger partial charge is 0.494 e. The maximum atomic E-state index is 13.4. The molecule has 3 aromatic rings. The van der Waals surface area contributed by atoms with Crippen LogP contribution in [0, 0.1) is 5.82 Å². The highest BCUT2D eigenvalue weighted by atomic mass is 32.1. The van der Waals surface area contributed by atoms with Crippen molar-refractivity contribution >= 4 is 17.0 Å². The fraction of sp³-hybridized carbons (Fsp3) is 0.133. The Morgan fingerprint density at radius 2 is 2.29 bits per heavy atom. The molecule has 0 aliphatic heterocycles. The van der Waals surface area contributed by atoms with Crippen LogP contribution in [0.5, 0.6) is 5.75 Å². The molecule has 0 radical (unpaired) electrons. The summed E-state index contributed by atoms with van der Waals surface area (Å²) in [5.41, 5.74) is 2.86. The molecule has 1 aromatic carbocycles. The Bertz CT molecular complexity index is 724. The van der Waals surface area contributed by atoms with E-state index in [1.54, 1.807) is 29.7 Å². The number of ether oxygens (including phenoxy) is 1. The number of methoxy groups -OCH3 is 1. The molecule has 0 atom stereocenters. The van der Waals surface area contributed by atoms with Crippen LogP contribution in [-0.2, 0) is 6.54 Å². The Balaban J connectivity index is 1.75. The number of hydrogen-bond acceptors (Lipinski definition) is 4. The van der Waals surface area contributed by atoms with Crippen LogP contribution < -0.4 is 10.1 Å². The van der Waals surface area contributed by atoms with Crippen LogP contribution in [0.25, 0.3) is 10.6 Å². The average molecular weight is 303 g/mol. The zero-order chi connectivity index (χ0) is 14.7. The number of nitrogens with one attached hydrogen (secondary N) is 2. The lowest BCUT2D eigenvalue weighted by Crippen LogP contribution is -2.00. The van der Waals surface area contributed by atoms with Crippen molar-refractivity contribution in [3.05, 3.63) is 53.3 Å². The highest BCUT2D eigenvalue weighted by Crippen LogP contribution is 2.27. The zero-order valence-electron chi connectivity index (χ0n) is 11.4. The molecule has 0 fully saturated rings. The third kappa shape index (κ3) is 2.90. The summed E-state index contributed by atoms with van der Waals surface area (Å²) in [6, 6.07) is 8.76. The number of rotatable bonds is 5. The van der Waals surface area contributed by atoms with E-state index in [0.717, 1.165) is 21.8 Å². The van der Waals surface area contributed by atoms with E-state index >= 15 is 0 Å². The fourth-order valence-corrected chi connectivity index (χ4v) is 2.80. The number of hydrogen-bond donors (Lipinski definition) is 2. The van der Waals surface area contributed by atoms with E-state index in [9.17, 15) is 4.39 Å². The van der Waals surface area contributed by atoms with Gasteiger partial charge in [-0.1, -0.05) is 6.07 Å². The second-order valence-electron chi connectivity index (χ2n) is 4.45. The van der Waals surface area contributed by atoms with E-state index < -0.39 is 0 Å². The standard InChI is InChI=1S/C15H14FN3OS/c1-20-13-7-11(4-5-12(13)16)17-8-10-9-18-19-15(10)14-3-2-6-21-14/h2-7,9,17H,8H2,1H3,(H,18,19). The van der Waals surface area contributed by atoms with Gasteiger partial charge in [-0.15, -0.1) is 11.3 Å². The van der Waals surface area contributed by atoms with Gasteiger partial charge in [0.05, 0.1) is 23.9 Å². The zero-order valence-corrected chi connectivity index (χ0v) is 12.2. The van der Waals surface area contributed by atoms with Crippen molar-refractivity contribution < 1.29 is 9.13 Å². The summed E-state index contributed by atoms with van der Waals surface area (Å²) in [6.45, 7) is 0.596. The van der Waals surface area contributed by atoms with Gasteiger partial charge in [-0.25, -0.2) is 4.39 Å². The molecule has 2 N–H and O–H groups in total. The van der Waals surface area contributed by atoms with E-state index in [2.05, 4.69) is 15.5 Å². The van der Waals surface area contributed by atoms with Gasteiger partial charge in [-0.2, -0.15) is 5.10 Å². The molecule has 0 bridgehead atoms. The normalized spacial score (nSPS) is 10.6. The Morgan fingerprint density at radius 3 is 3.05 bits per heavy atom. The quantitative estimate of drug-likeness (QED) is 0.751. The van der Waals surface area contributed by atoms with Gasteiger partial charge in [0.2, 0.25) is 0 Å². The van der Waals surface area contributed by atoms with E-state index in [1.807, 2.05) is 17.5 Å². The molecule has 4 nitrogen and oxygen atoms in total. The molecular weight excluding hydrogens is 289 g/mol. The second-order valence-corrected chi connectivity index (χ2v) is 5.40. The van der Waals surface area contributed by atoms with Crippen molar-refractivity contribution in [1.29, 1.82) is 0 Å². The monoisotopic (exact) mass is 303 g/mol. The highest BCUT2D eigenvalue weighted by molar-refractivity contribution is 7.13. The molecule has 0 saturated carbocycles. The molecular formula is C15H14FN3OS. The molecule has 0 spiro atoms. The van der Waals surface area contributed by atoms with Crippen LogP contribution in [0.4, 0.5) is 10.1 Å². The van der Waals surface area contributed by atoms with Crippen LogP contribution in [0.15, 0.2) is 41.9 Å². The molecule has 0 aliphatic rings. The van der Waals surface area contributed by atoms with Crippen molar-refractivity contribution in [3.8, 4) is 16.3 Å². The van der Waals surface area contributed by atoms with Crippen LogP contribution in [0.2, 0.25) is 0 Å². The molecule has 2 aromatic heterocycles. The topological polar surface area (TPSA) is 49.9 Å². The summed E-state index contributed by atoms with van der Waals surface area (Å²) in [4.78, 5) is 1.14. The summed E-state index contributed by atoms with van der Waals surface area (Å²) in [7, 11) is 1.45. The maximum absolute atomic E-state index is 13.4. The molecule has 21 heavy (non-hydrogen) atoms. The van der Waals surface area contributed by atoms with Gasteiger partial charge in [0, 0.05) is 23.9 Å². The summed E-state index contributed by atoms with van der Waals surface area (Å²) < 4.78 is 18.3. The minimum absolute atomic E-state index is 0.227. The van der Waals surface area contributed by atoms with Gasteiger partial charge in [-0.05, 0) is 23.6 Å². The number of aromatic nitrogens is 2. The van der Waals surface area contributed by atoms with E-state index in [1.165, 1.54) is 13.2 Å². The van der Waals surface area contributed by atoms with Gasteiger partial charge in [0.1, 0.15) is 0 Å². The number of benzene rings is 1. The molecule has 108 valence electrons. The molecule has 3 rings (SSSR count). The van der Waals surface area contributed by atoms with Crippen molar-refractivity contribution in [1.82, 2.24) is 10.2 Å². The summed E-state index contributed by atoms with van der Waals surface area (Å²) in [5.74, 6) is -0.142. The smallest absolute Gasteiger partial charge is 0.165 e. The first kappa shape index (κ1) is 13.6. The first-order valence-corrected chi connectivity index (χ1v) is 7.29. The molecule has 2 heterocycles. The number of aromatic amines is 1. The Kier molecular flexibility index (Phi) is 3.87. The lowest BCUT2D eigenvalue weighted by Gasteiger charge is -2.08. The van der Waals surface area contributed by atoms with Gasteiger partial charge < -0.3 is 10.1 Å². The van der Waals surface area contributed by atoms with Crippen LogP contribution in [-0.4, -0.2) is 17.3 Å². The minimum Gasteiger partial charge on any atom is -0.494 e. The summed E-state index contributed by atoms with van der Waals surface area (Å²) in [5, 5.41) is 12.4. The van der Waals surface area contributed by atoms with Gasteiger partial charge in [0.25, 0.3) is 0 Å². The van der Waals surface area contributed by atoms with Crippen LogP contribution in [0.1, 0.15) is 5.56 Å². The third-order valence-corrected chi connectivity index (χ3v) is 4.01. The predicted octanol–water partition coefficient (Wildman–Crippen LogP) is 3.90. The van der Waals surface area contributed by atoms with E-state index in [0.29, 0.717) is 6.54 Å². The fourth-order valence-electron chi connectivity index (χ4n) is 2.05. The number of halogens is 1. The van der Waals surface area contributed by atoms with Crippen molar-refractivity contribution in [2.75, 3.05) is 12.4 Å². The Labute approximate surface area is 125 Å². The molecule has 6 heteroatoms. The molecule has 0 aliphatic carbocycles. The number of H-pyrrole nitrogens is 1. The van der Waals surface area contributed by atoms with E-state index in [-0.39, 0.29) is 11.6 Å². The van der Waals surface area contributed by atoms with Crippen molar-refractivity contribution in [3.63, 3.8) is 0 Å². The Hall–Kier alpha value is -2.34. The average Bonchev–Trinajstić information content (AvgIpc) is 3.17. The Morgan fingerprint density at radius 1 is 1.38 bits per heavy atom. The number of nitrogens with zero attached hydrogens (tertiary/aromatic N) is 1. The molecule has 0 amide bonds. The first-order valence-electron chi connectivity index (χ1n) is 6.41. The summed E-state index contributed by atoms with van der Waals surface area (Å²) >= 11 is 1.66. The first-order chi connectivity index (χ1) is 10.3. The number of thiophene rings is 1. The minimum atomic E-state index is -0.370. The van der Waals surface area contributed by atoms with E-state index in [4.69, 9.17) is 4.74 Å². The lowest BCUT2D eigenvalue weighted by molar-refractivity contribution is 0.387. The molecule has 0 unspecified atom stereocenters. The summed E-state index contributed by atoms with van der Waals surface area (Å²) in [6.07, 6.45) is 1.79. The maximum Gasteiger partial charge on any atom is 0.165 e. The third-order valence-electron chi connectivity index (χ3n) is 3.12. The lowest BCUT2D eigenvalue weighted by atomic mass is 10.2. The highest BCUT2D eigenvalue weighted by Gasteiger charge is 2.09. The predicted molar refractivity (Wildman–Crippen MR) is 82.2 cm³/mol. The molecule has 0 saturated heterocycles. The van der Waals surface area contributed by atoms with Gasteiger partial charge >= 0.3 is 0 Å². The number of anilines is 1. The SMILES string of the molecule is COc1cc(NCc2cn[nH]c2-c2cccs2)ccc1F. The van der Waals surface area contributed by atoms with Crippen molar-refractivity contribution in [2.45, 2.75) is 6.54 Å².